The van der Waals surface area contributed by atoms with E-state index >= 15 is 0 Å². The maximum atomic E-state index is 14.4. The first-order valence-corrected chi connectivity index (χ1v) is 12.4. The Balaban J connectivity index is 1.54. The number of hydrogen-bond donors (Lipinski definition) is 0. The number of para-hydroxylation sites is 1. The first-order valence-electron chi connectivity index (χ1n) is 11.1. The topological polar surface area (TPSA) is 25.2 Å². The molecule has 0 N–H and O–H groups in total. The van der Waals surface area contributed by atoms with Crippen LogP contribution < -0.4 is 0 Å². The van der Waals surface area contributed by atoms with Gasteiger partial charge in [-0.2, -0.15) is 0 Å². The summed E-state index contributed by atoms with van der Waals surface area (Å²) in [6.45, 7) is 2.48. The highest BCUT2D eigenvalue weighted by molar-refractivity contribution is 8.26. The highest BCUT2D eigenvalue weighted by Gasteiger charge is 2.37. The molecule has 0 spiro atoms. The van der Waals surface area contributed by atoms with E-state index in [9.17, 15) is 9.18 Å². The van der Waals surface area contributed by atoms with E-state index in [2.05, 4.69) is 10.6 Å². The molecule has 0 radical (unpaired) electrons. The van der Waals surface area contributed by atoms with Crippen LogP contribution in [0.3, 0.4) is 0 Å². The van der Waals surface area contributed by atoms with Gasteiger partial charge in [0.05, 0.1) is 11.4 Å². The monoisotopic (exact) mass is 464 g/mol. The molecule has 0 atom stereocenters. The summed E-state index contributed by atoms with van der Waals surface area (Å²) in [5, 5.41) is 1.06. The predicted molar refractivity (Wildman–Crippen MR) is 134 cm³/mol. The van der Waals surface area contributed by atoms with Crippen molar-refractivity contribution < 1.29 is 9.18 Å². The number of halogens is 1. The molecule has 164 valence electrons. The number of thioether (sulfide) groups is 1. The second-order valence-electron chi connectivity index (χ2n) is 8.54. The molecule has 2 aromatic carbocycles. The number of fused-ring (bicyclic) bond motifs is 1. The Hall–Kier alpha value is -2.44. The number of nitrogens with zero attached hydrogens (tertiary/aromatic N) is 2. The zero-order valence-electron chi connectivity index (χ0n) is 18.0. The van der Waals surface area contributed by atoms with Gasteiger partial charge in [0.25, 0.3) is 5.91 Å². The van der Waals surface area contributed by atoms with Crippen molar-refractivity contribution >= 4 is 51.2 Å². The van der Waals surface area contributed by atoms with Gasteiger partial charge in [-0.25, -0.2) is 4.39 Å². The van der Waals surface area contributed by atoms with Crippen LogP contribution in [0.4, 0.5) is 4.39 Å². The fourth-order valence-corrected chi connectivity index (χ4v) is 6.29. The zero-order valence-corrected chi connectivity index (χ0v) is 19.6. The SMILES string of the molecule is Cc1c(/C=C2/SC(=S)N(C3CCCCC3)C2=O)c2ccccc2n1Cc1ccccc1F. The Bertz CT molecular complexity index is 1240. The summed E-state index contributed by atoms with van der Waals surface area (Å²) in [7, 11) is 0. The Labute approximate surface area is 197 Å². The van der Waals surface area contributed by atoms with Crippen molar-refractivity contribution in [2.24, 2.45) is 0 Å². The van der Waals surface area contributed by atoms with E-state index in [0.717, 1.165) is 47.8 Å². The number of rotatable bonds is 4. The molecule has 1 aliphatic carbocycles. The molecule has 2 fully saturated rings. The lowest BCUT2D eigenvalue weighted by molar-refractivity contribution is -0.124. The minimum atomic E-state index is -0.209. The van der Waals surface area contributed by atoms with Gasteiger partial charge in [-0.05, 0) is 38.0 Å². The van der Waals surface area contributed by atoms with Crippen molar-refractivity contribution in [3.8, 4) is 0 Å². The summed E-state index contributed by atoms with van der Waals surface area (Å²) in [5.41, 5.74) is 3.69. The van der Waals surface area contributed by atoms with Crippen LogP contribution in [0.15, 0.2) is 53.4 Å². The number of thiocarbonyl (C=S) groups is 1. The molecule has 3 aromatic rings. The summed E-state index contributed by atoms with van der Waals surface area (Å²) in [4.78, 5) is 15.8. The second kappa shape index (κ2) is 8.83. The van der Waals surface area contributed by atoms with Crippen LogP contribution in [-0.4, -0.2) is 25.7 Å². The molecule has 32 heavy (non-hydrogen) atoms. The van der Waals surface area contributed by atoms with Gasteiger partial charge in [-0.3, -0.25) is 9.69 Å². The van der Waals surface area contributed by atoms with E-state index in [-0.39, 0.29) is 17.8 Å². The predicted octanol–water partition coefficient (Wildman–Crippen LogP) is 6.67. The minimum absolute atomic E-state index is 0.0252. The molecule has 6 heteroatoms. The summed E-state index contributed by atoms with van der Waals surface area (Å²) >= 11 is 7.01. The zero-order chi connectivity index (χ0) is 22.2. The second-order valence-corrected chi connectivity index (χ2v) is 10.2. The first kappa shape index (κ1) is 21.4. The first-order chi connectivity index (χ1) is 15.5. The number of carbonyl (C=O) groups is 1. The van der Waals surface area contributed by atoms with Gasteiger partial charge in [-0.15, -0.1) is 0 Å². The van der Waals surface area contributed by atoms with Gasteiger partial charge in [0.1, 0.15) is 10.1 Å². The fourth-order valence-electron chi connectivity index (χ4n) is 4.91. The van der Waals surface area contributed by atoms with Crippen molar-refractivity contribution in [1.82, 2.24) is 9.47 Å². The molecule has 5 rings (SSSR count). The average molecular weight is 465 g/mol. The van der Waals surface area contributed by atoms with Crippen LogP contribution in [-0.2, 0) is 11.3 Å². The van der Waals surface area contributed by atoms with E-state index in [4.69, 9.17) is 12.2 Å². The summed E-state index contributed by atoms with van der Waals surface area (Å²) < 4.78 is 17.2. The van der Waals surface area contributed by atoms with Crippen LogP contribution in [0.1, 0.15) is 48.9 Å². The lowest BCUT2D eigenvalue weighted by atomic mass is 9.94. The Morgan fingerprint density at radius 1 is 1.09 bits per heavy atom. The van der Waals surface area contributed by atoms with Crippen LogP contribution in [0.2, 0.25) is 0 Å². The maximum absolute atomic E-state index is 14.4. The highest BCUT2D eigenvalue weighted by Crippen LogP contribution is 2.39. The Morgan fingerprint density at radius 3 is 2.59 bits per heavy atom. The van der Waals surface area contributed by atoms with Gasteiger partial charge in [-0.1, -0.05) is 79.6 Å². The van der Waals surface area contributed by atoms with Crippen molar-refractivity contribution in [3.05, 3.63) is 76.1 Å². The molecule has 0 bridgehead atoms. The van der Waals surface area contributed by atoms with Crippen LogP contribution in [0, 0.1) is 12.7 Å². The van der Waals surface area contributed by atoms with Crippen molar-refractivity contribution in [2.45, 2.75) is 51.6 Å². The van der Waals surface area contributed by atoms with Gasteiger partial charge in [0.2, 0.25) is 0 Å². The van der Waals surface area contributed by atoms with Gasteiger partial charge < -0.3 is 4.57 Å². The van der Waals surface area contributed by atoms with Crippen LogP contribution in [0.5, 0.6) is 0 Å². The molecular formula is C26H25FN2OS2. The molecule has 1 saturated carbocycles. The maximum Gasteiger partial charge on any atom is 0.266 e. The molecule has 3 nitrogen and oxygen atoms in total. The van der Waals surface area contributed by atoms with E-state index < -0.39 is 0 Å². The van der Waals surface area contributed by atoms with Crippen LogP contribution >= 0.6 is 24.0 Å². The number of aromatic nitrogens is 1. The Kier molecular flexibility index (Phi) is 5.91. The van der Waals surface area contributed by atoms with Crippen molar-refractivity contribution in [1.29, 1.82) is 0 Å². The van der Waals surface area contributed by atoms with E-state index in [1.54, 1.807) is 6.07 Å². The van der Waals surface area contributed by atoms with Gasteiger partial charge in [0.15, 0.2) is 0 Å². The fraction of sp³-hybridized carbons (Fsp3) is 0.308. The minimum Gasteiger partial charge on any atom is -0.340 e. The quantitative estimate of drug-likeness (QED) is 0.318. The number of carbonyl (C=O) groups excluding carboxylic acids is 1. The standard InChI is InChI=1S/C26H25FN2OS2/c1-17-21(15-24-25(30)29(26(31)32-24)19-10-3-2-4-11-19)20-12-6-8-14-23(20)28(17)16-18-9-5-7-13-22(18)27/h5-9,12-15,19H,2-4,10-11,16H2,1H3/b24-15+. The highest BCUT2D eigenvalue weighted by atomic mass is 32.2. The normalized spacial score (nSPS) is 18.9. The summed E-state index contributed by atoms with van der Waals surface area (Å²) in [5.74, 6) is -0.184. The third-order valence-corrected chi connectivity index (χ3v) is 7.94. The molecule has 2 heterocycles. The van der Waals surface area contributed by atoms with E-state index in [0.29, 0.717) is 21.3 Å². The number of benzene rings is 2. The molecule has 1 saturated heterocycles. The Morgan fingerprint density at radius 2 is 1.81 bits per heavy atom. The average Bonchev–Trinajstić information content (AvgIpc) is 3.23. The van der Waals surface area contributed by atoms with Gasteiger partial charge >= 0.3 is 0 Å². The summed E-state index contributed by atoms with van der Waals surface area (Å²) in [6.07, 6.45) is 7.59. The van der Waals surface area contributed by atoms with Crippen molar-refractivity contribution in [2.75, 3.05) is 0 Å². The third kappa shape index (κ3) is 3.80. The van der Waals surface area contributed by atoms with Gasteiger partial charge in [0, 0.05) is 33.8 Å². The summed E-state index contributed by atoms with van der Waals surface area (Å²) in [6, 6.07) is 15.2. The molecule has 1 amide bonds. The van der Waals surface area contributed by atoms with Crippen molar-refractivity contribution in [3.63, 3.8) is 0 Å². The largest absolute Gasteiger partial charge is 0.340 e. The number of amides is 1. The lowest BCUT2D eigenvalue weighted by Crippen LogP contribution is -2.39. The third-order valence-electron chi connectivity index (χ3n) is 6.60. The number of hydrogen-bond acceptors (Lipinski definition) is 3. The molecule has 1 aromatic heterocycles. The molecule has 0 unspecified atom stereocenters. The molecular weight excluding hydrogens is 439 g/mol. The van der Waals surface area contributed by atoms with E-state index in [1.807, 2.05) is 48.2 Å². The smallest absolute Gasteiger partial charge is 0.266 e. The van der Waals surface area contributed by atoms with Crippen LogP contribution in [0.25, 0.3) is 17.0 Å². The lowest BCUT2D eigenvalue weighted by Gasteiger charge is -2.29. The molecule has 1 aliphatic heterocycles. The molecule has 2 aliphatic rings. The van der Waals surface area contributed by atoms with E-state index in [1.165, 1.54) is 24.2 Å².